The fraction of sp³-hybridized carbons (Fsp3) is 0. The van der Waals surface area contributed by atoms with Gasteiger partial charge in [-0.1, -0.05) is 175 Å². The second-order valence-electron chi connectivity index (χ2n) is 13.0. The molecule has 0 aliphatic heterocycles. The van der Waals surface area contributed by atoms with E-state index in [0.717, 1.165) is 15.7 Å². The van der Waals surface area contributed by atoms with E-state index in [2.05, 4.69) is 0 Å². The largest absolute Gasteiger partial charge is 0.456 e. The van der Waals surface area contributed by atoms with Gasteiger partial charge in [-0.25, -0.2) is 0 Å². The minimum atomic E-state index is -1.00. The van der Waals surface area contributed by atoms with Gasteiger partial charge in [0.05, 0.1) is 38.6 Å². The van der Waals surface area contributed by atoms with Crippen LogP contribution in [0.15, 0.2) is 228 Å². The Bertz CT molecular complexity index is 4580. The first-order valence-electron chi connectivity index (χ1n) is 29.9. The maximum Gasteiger partial charge on any atom is 0.136 e. The highest BCUT2D eigenvalue weighted by atomic mass is 16.3. The molecule has 0 saturated carbocycles. The molecule has 1 heterocycles. The van der Waals surface area contributed by atoms with E-state index < -0.39 is 201 Å². The van der Waals surface area contributed by atoms with Gasteiger partial charge in [0.2, 0.25) is 0 Å². The molecule has 0 fully saturated rings. The molecule has 2 nitrogen and oxygen atoms in total. The van der Waals surface area contributed by atoms with Gasteiger partial charge in [-0.05, 0) is 109 Å². The molecule has 0 aliphatic rings. The van der Waals surface area contributed by atoms with Crippen molar-refractivity contribution < 1.29 is 37.3 Å². The van der Waals surface area contributed by atoms with Crippen LogP contribution >= 0.6 is 0 Å². The van der Waals surface area contributed by atoms with Crippen molar-refractivity contribution in [1.29, 1.82) is 0 Å². The minimum Gasteiger partial charge on any atom is -0.456 e. The number of para-hydroxylation sites is 1. The fourth-order valence-electron chi connectivity index (χ4n) is 7.01. The van der Waals surface area contributed by atoms with Crippen molar-refractivity contribution in [3.63, 3.8) is 0 Å². The second-order valence-corrected chi connectivity index (χ2v) is 13.0. The lowest BCUT2D eigenvalue weighted by Crippen LogP contribution is -2.11. The topological polar surface area (TPSA) is 16.4 Å². The Hall–Kier alpha value is -7.68. The zero-order valence-corrected chi connectivity index (χ0v) is 29.9. The lowest BCUT2D eigenvalue weighted by Gasteiger charge is -2.28. The van der Waals surface area contributed by atoms with Crippen LogP contribution in [0.1, 0.15) is 32.9 Å². The van der Waals surface area contributed by atoms with Crippen LogP contribution in [0, 0.1) is 0 Å². The highest BCUT2D eigenvalue weighted by molar-refractivity contribution is 6.16. The summed E-state index contributed by atoms with van der Waals surface area (Å²) in [6.07, 6.45) is 0. The zero-order valence-electron chi connectivity index (χ0n) is 53.9. The quantitative estimate of drug-likeness (QED) is 0.161. The predicted octanol–water partition coefficient (Wildman–Crippen LogP) is 16.0. The molecule has 10 aromatic carbocycles. The summed E-state index contributed by atoms with van der Waals surface area (Å²) in [6.45, 7) is 0. The first-order chi connectivity index (χ1) is 38.8. The summed E-state index contributed by atoms with van der Waals surface area (Å²) >= 11 is 0. The van der Waals surface area contributed by atoms with Crippen molar-refractivity contribution in [2.45, 2.75) is 0 Å². The molecule has 0 unspecified atom stereocenters. The molecule has 0 N–H and O–H groups in total. The van der Waals surface area contributed by atoms with Gasteiger partial charge >= 0.3 is 0 Å². The van der Waals surface area contributed by atoms with Crippen molar-refractivity contribution in [2.75, 3.05) is 4.90 Å². The Labute approximate surface area is 371 Å². The van der Waals surface area contributed by atoms with E-state index in [1.807, 2.05) is 36.4 Å². The summed E-state index contributed by atoms with van der Waals surface area (Å²) in [4.78, 5) is 0.970. The van der Waals surface area contributed by atoms with E-state index >= 15 is 0 Å². The molecule has 58 heavy (non-hydrogen) atoms. The maximum absolute atomic E-state index is 9.81. The van der Waals surface area contributed by atoms with Crippen molar-refractivity contribution in [3.8, 4) is 44.5 Å². The number of hydrogen-bond acceptors (Lipinski definition) is 2. The number of rotatable bonds is 7. The summed E-state index contributed by atoms with van der Waals surface area (Å²) < 4.78 is 223. The number of benzene rings is 10. The third-order valence-electron chi connectivity index (χ3n) is 9.66. The highest BCUT2D eigenvalue weighted by Gasteiger charge is 2.21. The van der Waals surface area contributed by atoms with Crippen LogP contribution in [0.2, 0.25) is 0 Å². The average Bonchev–Trinajstić information content (AvgIpc) is 1.43. The standard InChI is InChI=1S/C56H37NO/c1-2-12-38(13-3-1)40-28-32-46(33-29-40)57(47-34-30-41(31-35-47)39-24-26-43(27-25-39)49-20-10-17-42-14-6-7-18-48(42)49)53-22-9-8-19-50(53)51-21-11-23-54-56(51)52-36-44-15-4-5-16-45(44)37-55(52)58-54/h1-37H/i1D,2D,3D,6D,7D,10D,12D,13D,14D,17D,18D,20D,24D,25D,26D,27D,28D,29D,30D,31D,32D,33D,34D,35D. The van der Waals surface area contributed by atoms with Crippen LogP contribution in [-0.4, -0.2) is 0 Å². The van der Waals surface area contributed by atoms with Gasteiger partial charge in [-0.3, -0.25) is 0 Å². The lowest BCUT2D eigenvalue weighted by molar-refractivity contribution is 0.669. The monoisotopic (exact) mass is 763 g/mol. The van der Waals surface area contributed by atoms with Gasteiger partial charge in [-0.2, -0.15) is 0 Å². The number of hydrogen-bond donors (Lipinski definition) is 0. The Balaban J connectivity index is 1.21. The molecule has 0 bridgehead atoms. The molecule has 0 saturated heterocycles. The molecular weight excluding hydrogens is 703 g/mol. The van der Waals surface area contributed by atoms with E-state index in [0.29, 0.717) is 27.5 Å². The van der Waals surface area contributed by atoms with Crippen molar-refractivity contribution in [3.05, 3.63) is 224 Å². The average molecular weight is 764 g/mol. The normalized spacial score (nSPS) is 17.2. The molecule has 1 aromatic heterocycles. The van der Waals surface area contributed by atoms with Gasteiger partial charge in [0.1, 0.15) is 11.2 Å². The Morgan fingerprint density at radius 3 is 1.67 bits per heavy atom. The van der Waals surface area contributed by atoms with Crippen molar-refractivity contribution >= 4 is 60.5 Å². The molecule has 0 aliphatic carbocycles. The molecular formula is C56H37NO. The van der Waals surface area contributed by atoms with Crippen molar-refractivity contribution in [2.24, 2.45) is 0 Å². The molecule has 11 rings (SSSR count). The van der Waals surface area contributed by atoms with Gasteiger partial charge in [0, 0.05) is 27.7 Å². The van der Waals surface area contributed by atoms with Gasteiger partial charge in [-0.15, -0.1) is 0 Å². The summed E-state index contributed by atoms with van der Waals surface area (Å²) in [5.74, 6) is 0. The molecule has 2 heteroatoms. The van der Waals surface area contributed by atoms with Crippen molar-refractivity contribution in [1.82, 2.24) is 0 Å². The molecule has 0 atom stereocenters. The predicted molar refractivity (Wildman–Crippen MR) is 245 cm³/mol. The van der Waals surface area contributed by atoms with Gasteiger partial charge < -0.3 is 9.32 Å². The molecule has 0 amide bonds. The summed E-state index contributed by atoms with van der Waals surface area (Å²) in [7, 11) is 0. The van der Waals surface area contributed by atoms with E-state index in [1.165, 1.54) is 12.1 Å². The van der Waals surface area contributed by atoms with Crippen LogP contribution in [-0.2, 0) is 0 Å². The lowest BCUT2D eigenvalue weighted by atomic mass is 9.95. The second kappa shape index (κ2) is 14.1. The minimum absolute atomic E-state index is 0.0625. The van der Waals surface area contributed by atoms with Crippen LogP contribution in [0.5, 0.6) is 0 Å². The Kier molecular flexibility index (Phi) is 4.19. The summed E-state index contributed by atoms with van der Waals surface area (Å²) in [6, 6.07) is 1.45. The third-order valence-corrected chi connectivity index (χ3v) is 9.66. The fourth-order valence-corrected chi connectivity index (χ4v) is 7.01. The highest BCUT2D eigenvalue weighted by Crippen LogP contribution is 2.46. The van der Waals surface area contributed by atoms with E-state index in [1.54, 1.807) is 30.3 Å². The van der Waals surface area contributed by atoms with Gasteiger partial charge in [0.15, 0.2) is 0 Å². The Morgan fingerprint density at radius 2 is 0.931 bits per heavy atom. The molecule has 272 valence electrons. The number of anilines is 3. The number of furan rings is 1. The van der Waals surface area contributed by atoms with Gasteiger partial charge in [0.25, 0.3) is 0 Å². The number of nitrogens with zero attached hydrogens (tertiary/aromatic N) is 1. The molecule has 0 radical (unpaired) electrons. The summed E-state index contributed by atoms with van der Waals surface area (Å²) in [5.41, 5.74) is -4.16. The van der Waals surface area contributed by atoms with Crippen LogP contribution in [0.3, 0.4) is 0 Å². The van der Waals surface area contributed by atoms with E-state index in [9.17, 15) is 16.4 Å². The first kappa shape index (κ1) is 17.2. The third kappa shape index (κ3) is 5.91. The maximum atomic E-state index is 9.81. The SMILES string of the molecule is [2H]c1c([2H])c([2H])c(-c2c([2H])c([2H])c(N(c3ccccc3-c3cccc4oc5cc6ccccc6cc5c34)c3c([2H])c([2H])c(-c4c([2H])c([2H])c(-c5c([2H])c([2H])c([2H])c6c([2H])c([2H])c([2H])c([2H])c56)c([2H])c4[2H])c([2H])c3[2H])c([2H])c2[2H])c([2H])c1[2H]. The number of fused-ring (bicyclic) bond motifs is 5. The molecule has 0 spiro atoms. The van der Waals surface area contributed by atoms with E-state index in [-0.39, 0.29) is 11.3 Å². The van der Waals surface area contributed by atoms with Crippen LogP contribution in [0.25, 0.3) is 88.0 Å². The summed E-state index contributed by atoms with van der Waals surface area (Å²) in [5, 5.41) is 1.89. The van der Waals surface area contributed by atoms with Crippen LogP contribution in [0.4, 0.5) is 17.1 Å². The molecule has 11 aromatic rings. The Morgan fingerprint density at radius 1 is 0.362 bits per heavy atom. The van der Waals surface area contributed by atoms with Crippen LogP contribution < -0.4 is 4.90 Å². The van der Waals surface area contributed by atoms with E-state index in [4.69, 9.17) is 20.9 Å². The zero-order chi connectivity index (χ0) is 59.3. The smallest absolute Gasteiger partial charge is 0.136 e. The first-order valence-corrected chi connectivity index (χ1v) is 17.9.